The number of pyridine rings is 1. The largest absolute Gasteiger partial charge is 0.370 e. The van der Waals surface area contributed by atoms with E-state index in [4.69, 9.17) is 5.73 Å². The molecule has 0 bridgehead atoms. The second kappa shape index (κ2) is 6.93. The lowest BCUT2D eigenvalue weighted by atomic mass is 10.2. The molecule has 2 heterocycles. The van der Waals surface area contributed by atoms with Crippen molar-refractivity contribution >= 4 is 18.2 Å². The maximum atomic E-state index is 5.46. The molecule has 0 amide bonds. The number of nitrogens with one attached hydrogen (secondary N) is 2. The van der Waals surface area contributed by atoms with E-state index in [1.165, 1.54) is 0 Å². The highest BCUT2D eigenvalue weighted by Crippen LogP contribution is 2.17. The minimum Gasteiger partial charge on any atom is -0.370 e. The SMILES string of the molecule is CCNc1cc(-c2n[nH]c(CCN)n2)ccn1.Cl. The van der Waals surface area contributed by atoms with Gasteiger partial charge in [-0.3, -0.25) is 5.10 Å². The van der Waals surface area contributed by atoms with Crippen LogP contribution < -0.4 is 11.1 Å². The summed E-state index contributed by atoms with van der Waals surface area (Å²) in [6.45, 7) is 3.43. The fourth-order valence-electron chi connectivity index (χ4n) is 1.52. The molecular weight excluding hydrogens is 252 g/mol. The van der Waals surface area contributed by atoms with Gasteiger partial charge in [-0.05, 0) is 25.6 Å². The third-order valence-corrected chi connectivity index (χ3v) is 2.29. The van der Waals surface area contributed by atoms with Crippen LogP contribution in [0.25, 0.3) is 11.4 Å². The molecule has 2 aromatic heterocycles. The van der Waals surface area contributed by atoms with E-state index in [0.29, 0.717) is 18.8 Å². The Hall–Kier alpha value is -1.66. The van der Waals surface area contributed by atoms with E-state index in [2.05, 4.69) is 25.5 Å². The van der Waals surface area contributed by atoms with E-state index in [0.717, 1.165) is 23.8 Å². The number of nitrogens with two attached hydrogens (primary N) is 1. The van der Waals surface area contributed by atoms with Gasteiger partial charge in [0.25, 0.3) is 0 Å². The number of halogens is 1. The van der Waals surface area contributed by atoms with Gasteiger partial charge in [0, 0.05) is 24.7 Å². The van der Waals surface area contributed by atoms with E-state index in [1.54, 1.807) is 6.20 Å². The van der Waals surface area contributed by atoms with Crippen LogP contribution in [-0.4, -0.2) is 33.3 Å². The van der Waals surface area contributed by atoms with E-state index in [1.807, 2.05) is 19.1 Å². The van der Waals surface area contributed by atoms with Crippen LogP contribution in [0.3, 0.4) is 0 Å². The maximum absolute atomic E-state index is 5.46. The molecule has 18 heavy (non-hydrogen) atoms. The van der Waals surface area contributed by atoms with Crippen LogP contribution in [0.5, 0.6) is 0 Å². The van der Waals surface area contributed by atoms with Crippen LogP contribution in [0, 0.1) is 0 Å². The first-order valence-corrected chi connectivity index (χ1v) is 5.65. The molecule has 0 saturated carbocycles. The average Bonchev–Trinajstić information content (AvgIpc) is 2.79. The summed E-state index contributed by atoms with van der Waals surface area (Å²) in [6.07, 6.45) is 2.45. The number of hydrogen-bond donors (Lipinski definition) is 3. The summed E-state index contributed by atoms with van der Waals surface area (Å²) >= 11 is 0. The predicted molar refractivity (Wildman–Crippen MR) is 73.8 cm³/mol. The molecule has 0 radical (unpaired) electrons. The highest BCUT2D eigenvalue weighted by atomic mass is 35.5. The second-order valence-corrected chi connectivity index (χ2v) is 3.60. The van der Waals surface area contributed by atoms with Crippen LogP contribution in [0.15, 0.2) is 18.3 Å². The Kier molecular flexibility index (Phi) is 5.54. The molecule has 0 fully saturated rings. The molecule has 0 atom stereocenters. The summed E-state index contributed by atoms with van der Waals surface area (Å²) in [4.78, 5) is 8.57. The topological polar surface area (TPSA) is 92.5 Å². The molecule has 0 aromatic carbocycles. The number of hydrogen-bond acceptors (Lipinski definition) is 5. The van der Waals surface area contributed by atoms with Crippen molar-refractivity contribution in [3.05, 3.63) is 24.2 Å². The molecule has 0 unspecified atom stereocenters. The van der Waals surface area contributed by atoms with Gasteiger partial charge in [0.05, 0.1) is 0 Å². The zero-order valence-electron chi connectivity index (χ0n) is 10.2. The smallest absolute Gasteiger partial charge is 0.181 e. The molecule has 0 spiro atoms. The van der Waals surface area contributed by atoms with Crippen molar-refractivity contribution in [2.75, 3.05) is 18.4 Å². The summed E-state index contributed by atoms with van der Waals surface area (Å²) in [5, 5.41) is 10.2. The van der Waals surface area contributed by atoms with Gasteiger partial charge in [0.15, 0.2) is 5.82 Å². The van der Waals surface area contributed by atoms with Crippen molar-refractivity contribution in [1.82, 2.24) is 20.2 Å². The van der Waals surface area contributed by atoms with Crippen LogP contribution in [-0.2, 0) is 6.42 Å². The average molecular weight is 269 g/mol. The first-order valence-electron chi connectivity index (χ1n) is 5.65. The van der Waals surface area contributed by atoms with Gasteiger partial charge in [0.2, 0.25) is 0 Å². The van der Waals surface area contributed by atoms with Crippen molar-refractivity contribution in [2.24, 2.45) is 5.73 Å². The number of H-pyrrole nitrogens is 1. The number of aromatic nitrogens is 4. The minimum absolute atomic E-state index is 0. The molecule has 7 heteroatoms. The Morgan fingerprint density at radius 2 is 2.28 bits per heavy atom. The summed E-state index contributed by atoms with van der Waals surface area (Å²) in [5.74, 6) is 2.31. The zero-order chi connectivity index (χ0) is 12.1. The van der Waals surface area contributed by atoms with Crippen molar-refractivity contribution in [3.63, 3.8) is 0 Å². The van der Waals surface area contributed by atoms with Gasteiger partial charge in [-0.15, -0.1) is 12.4 Å². The molecule has 4 N–H and O–H groups in total. The van der Waals surface area contributed by atoms with E-state index in [-0.39, 0.29) is 12.4 Å². The second-order valence-electron chi connectivity index (χ2n) is 3.60. The lowest BCUT2D eigenvalue weighted by molar-refractivity contribution is 0.874. The van der Waals surface area contributed by atoms with Gasteiger partial charge in [-0.1, -0.05) is 0 Å². The fraction of sp³-hybridized carbons (Fsp3) is 0.364. The fourth-order valence-corrected chi connectivity index (χ4v) is 1.52. The van der Waals surface area contributed by atoms with Crippen molar-refractivity contribution in [3.8, 4) is 11.4 Å². The highest BCUT2D eigenvalue weighted by molar-refractivity contribution is 5.85. The first kappa shape index (κ1) is 14.4. The normalized spacial score (nSPS) is 9.89. The Balaban J connectivity index is 0.00000162. The third-order valence-electron chi connectivity index (χ3n) is 2.29. The Labute approximate surface area is 112 Å². The van der Waals surface area contributed by atoms with Crippen molar-refractivity contribution < 1.29 is 0 Å². The van der Waals surface area contributed by atoms with Crippen LogP contribution in [0.4, 0.5) is 5.82 Å². The molecule has 0 saturated heterocycles. The quantitative estimate of drug-likeness (QED) is 0.758. The maximum Gasteiger partial charge on any atom is 0.181 e. The van der Waals surface area contributed by atoms with Gasteiger partial charge in [-0.25, -0.2) is 9.97 Å². The lowest BCUT2D eigenvalue weighted by Gasteiger charge is -2.02. The lowest BCUT2D eigenvalue weighted by Crippen LogP contribution is -2.03. The summed E-state index contributed by atoms with van der Waals surface area (Å²) in [7, 11) is 0. The van der Waals surface area contributed by atoms with Gasteiger partial charge < -0.3 is 11.1 Å². The zero-order valence-corrected chi connectivity index (χ0v) is 11.0. The van der Waals surface area contributed by atoms with E-state index >= 15 is 0 Å². The standard InChI is InChI=1S/C11H16N6.ClH/c1-2-13-10-7-8(4-6-14-10)11-15-9(3-5-12)16-17-11;/h4,6-7H,2-3,5,12H2,1H3,(H,13,14)(H,15,16,17);1H. The summed E-state index contributed by atoms with van der Waals surface area (Å²) < 4.78 is 0. The number of anilines is 1. The van der Waals surface area contributed by atoms with Gasteiger partial charge in [-0.2, -0.15) is 5.10 Å². The molecule has 0 aliphatic carbocycles. The van der Waals surface area contributed by atoms with Crippen LogP contribution >= 0.6 is 12.4 Å². The van der Waals surface area contributed by atoms with E-state index in [9.17, 15) is 0 Å². The van der Waals surface area contributed by atoms with E-state index < -0.39 is 0 Å². The van der Waals surface area contributed by atoms with Gasteiger partial charge >= 0.3 is 0 Å². The van der Waals surface area contributed by atoms with Crippen molar-refractivity contribution in [2.45, 2.75) is 13.3 Å². The Bertz CT molecular complexity index is 484. The predicted octanol–water partition coefficient (Wildman–Crippen LogP) is 1.22. The molecule has 2 aromatic rings. The van der Waals surface area contributed by atoms with Crippen molar-refractivity contribution in [1.29, 1.82) is 0 Å². The Morgan fingerprint density at radius 3 is 3.00 bits per heavy atom. The first-order chi connectivity index (χ1) is 8.33. The summed E-state index contributed by atoms with van der Waals surface area (Å²) in [6, 6.07) is 3.81. The van der Waals surface area contributed by atoms with Crippen LogP contribution in [0.1, 0.15) is 12.7 Å². The molecule has 98 valence electrons. The Morgan fingerprint density at radius 1 is 1.44 bits per heavy atom. The molecule has 2 rings (SSSR count). The van der Waals surface area contributed by atoms with Gasteiger partial charge in [0.1, 0.15) is 11.6 Å². The number of nitrogens with zero attached hydrogens (tertiary/aromatic N) is 3. The van der Waals surface area contributed by atoms with Crippen LogP contribution in [0.2, 0.25) is 0 Å². The molecular formula is C11H17ClN6. The molecule has 0 aliphatic heterocycles. The monoisotopic (exact) mass is 268 g/mol. The third kappa shape index (κ3) is 3.41. The number of aromatic amines is 1. The number of rotatable bonds is 5. The minimum atomic E-state index is 0. The highest BCUT2D eigenvalue weighted by Gasteiger charge is 2.06. The summed E-state index contributed by atoms with van der Waals surface area (Å²) in [5.41, 5.74) is 6.40. The molecule has 6 nitrogen and oxygen atoms in total. The molecule has 0 aliphatic rings.